The molecular weight excluding hydrogens is 192 g/mol. The molecule has 0 saturated carbocycles. The monoisotopic (exact) mass is 212 g/mol. The molecule has 0 amide bonds. The smallest absolute Gasteiger partial charge is 0.152 e. The van der Waals surface area contributed by atoms with Crippen molar-refractivity contribution in [3.8, 4) is 0 Å². The minimum Gasteiger partial charge on any atom is -0.373 e. The molecule has 1 N–H and O–H groups in total. The van der Waals surface area contributed by atoms with Crippen molar-refractivity contribution in [2.24, 2.45) is 7.05 Å². The first-order chi connectivity index (χ1) is 7.20. The summed E-state index contributed by atoms with van der Waals surface area (Å²) in [7, 11) is 1.87. The Hall–Kier alpha value is -0.940. The Labute approximate surface area is 90.8 Å². The zero-order valence-electron chi connectivity index (χ0n) is 9.73. The lowest BCUT2D eigenvalue weighted by molar-refractivity contribution is 0.110. The predicted molar refractivity (Wildman–Crippen MR) is 58.4 cm³/mol. The van der Waals surface area contributed by atoms with Crippen LogP contribution in [0.2, 0.25) is 0 Å². The van der Waals surface area contributed by atoms with Crippen LogP contribution in [0.5, 0.6) is 0 Å². The van der Waals surface area contributed by atoms with Crippen molar-refractivity contribution in [3.63, 3.8) is 0 Å². The van der Waals surface area contributed by atoms with Crippen LogP contribution in [0.25, 0.3) is 0 Å². The van der Waals surface area contributed by atoms with Gasteiger partial charge in [-0.1, -0.05) is 13.8 Å². The summed E-state index contributed by atoms with van der Waals surface area (Å²) in [6, 6.07) is 0.545. The summed E-state index contributed by atoms with van der Waals surface area (Å²) >= 11 is 0. The summed E-state index contributed by atoms with van der Waals surface area (Å²) in [6.45, 7) is 6.57. The molecule has 0 aliphatic rings. The van der Waals surface area contributed by atoms with Gasteiger partial charge in [0.05, 0.1) is 0 Å². The Morgan fingerprint density at radius 2 is 2.33 bits per heavy atom. The molecule has 1 rings (SSSR count). The molecule has 0 aliphatic carbocycles. The maximum Gasteiger partial charge on any atom is 0.152 e. The molecule has 0 atom stereocenters. The van der Waals surface area contributed by atoms with Gasteiger partial charge in [0.25, 0.3) is 0 Å². The van der Waals surface area contributed by atoms with E-state index in [1.54, 1.807) is 11.0 Å². The molecule has 86 valence electrons. The van der Waals surface area contributed by atoms with E-state index in [1.165, 1.54) is 0 Å². The lowest BCUT2D eigenvalue weighted by Gasteiger charge is -2.07. The van der Waals surface area contributed by atoms with E-state index in [0.717, 1.165) is 25.4 Å². The number of ether oxygens (including phenoxy) is 1. The highest BCUT2D eigenvalue weighted by Gasteiger charge is 1.99. The molecule has 0 saturated heterocycles. The second-order valence-electron chi connectivity index (χ2n) is 3.81. The number of aryl methyl sites for hydroxylation is 1. The van der Waals surface area contributed by atoms with Gasteiger partial charge in [0, 0.05) is 19.7 Å². The van der Waals surface area contributed by atoms with Gasteiger partial charge in [-0.25, -0.2) is 4.98 Å². The van der Waals surface area contributed by atoms with Gasteiger partial charge in [-0.3, -0.25) is 4.68 Å². The van der Waals surface area contributed by atoms with Crippen LogP contribution in [-0.2, 0) is 18.4 Å². The van der Waals surface area contributed by atoms with E-state index >= 15 is 0 Å². The fraction of sp³-hybridized carbons (Fsp3) is 0.800. The van der Waals surface area contributed by atoms with Crippen LogP contribution in [0.15, 0.2) is 6.33 Å². The lowest BCUT2D eigenvalue weighted by atomic mass is 10.3. The second kappa shape index (κ2) is 6.53. The van der Waals surface area contributed by atoms with Crippen LogP contribution in [0.3, 0.4) is 0 Å². The van der Waals surface area contributed by atoms with E-state index in [-0.39, 0.29) is 0 Å². The molecule has 0 bridgehead atoms. The van der Waals surface area contributed by atoms with E-state index in [1.807, 2.05) is 7.05 Å². The molecule has 1 aromatic heterocycles. The molecule has 0 fully saturated rings. The van der Waals surface area contributed by atoms with E-state index in [0.29, 0.717) is 12.6 Å². The first kappa shape index (κ1) is 12.1. The van der Waals surface area contributed by atoms with Crippen molar-refractivity contribution < 1.29 is 4.74 Å². The van der Waals surface area contributed by atoms with Crippen LogP contribution in [0, 0.1) is 0 Å². The van der Waals surface area contributed by atoms with Crippen molar-refractivity contribution in [2.75, 3.05) is 13.2 Å². The van der Waals surface area contributed by atoms with Crippen molar-refractivity contribution >= 4 is 0 Å². The summed E-state index contributed by atoms with van der Waals surface area (Å²) in [4.78, 5) is 4.07. The van der Waals surface area contributed by atoms with Crippen molar-refractivity contribution in [1.82, 2.24) is 20.1 Å². The maximum atomic E-state index is 5.48. The van der Waals surface area contributed by atoms with Gasteiger partial charge < -0.3 is 10.1 Å². The third kappa shape index (κ3) is 4.90. The van der Waals surface area contributed by atoms with Crippen molar-refractivity contribution in [2.45, 2.75) is 32.9 Å². The molecule has 0 aromatic carbocycles. The third-order valence-corrected chi connectivity index (χ3v) is 2.05. The van der Waals surface area contributed by atoms with E-state index in [9.17, 15) is 0 Å². The van der Waals surface area contributed by atoms with Gasteiger partial charge in [0.15, 0.2) is 5.82 Å². The van der Waals surface area contributed by atoms with Gasteiger partial charge in [-0.15, -0.1) is 0 Å². The number of nitrogens with zero attached hydrogens (tertiary/aromatic N) is 3. The fourth-order valence-corrected chi connectivity index (χ4v) is 1.18. The SMILES string of the molecule is CC(C)NCCCOCc1ncnn1C. The molecule has 1 aromatic rings. The second-order valence-corrected chi connectivity index (χ2v) is 3.81. The number of nitrogens with one attached hydrogen (secondary N) is 1. The van der Waals surface area contributed by atoms with Crippen LogP contribution < -0.4 is 5.32 Å². The number of aromatic nitrogens is 3. The van der Waals surface area contributed by atoms with Gasteiger partial charge >= 0.3 is 0 Å². The highest BCUT2D eigenvalue weighted by molar-refractivity contribution is 4.79. The van der Waals surface area contributed by atoms with Crippen LogP contribution >= 0.6 is 0 Å². The summed E-state index contributed by atoms with van der Waals surface area (Å²) in [6.07, 6.45) is 2.56. The molecular formula is C10H20N4O. The van der Waals surface area contributed by atoms with Gasteiger partial charge in [0.2, 0.25) is 0 Å². The molecule has 5 heteroatoms. The van der Waals surface area contributed by atoms with E-state index in [4.69, 9.17) is 4.74 Å². The average Bonchev–Trinajstić information content (AvgIpc) is 2.57. The average molecular weight is 212 g/mol. The van der Waals surface area contributed by atoms with Gasteiger partial charge in [-0.05, 0) is 13.0 Å². The zero-order chi connectivity index (χ0) is 11.1. The molecule has 0 unspecified atom stereocenters. The molecule has 5 nitrogen and oxygen atoms in total. The number of hydrogen-bond donors (Lipinski definition) is 1. The highest BCUT2D eigenvalue weighted by Crippen LogP contribution is 1.94. The minimum atomic E-state index is 0.540. The van der Waals surface area contributed by atoms with Crippen LogP contribution in [-0.4, -0.2) is 34.0 Å². The summed E-state index contributed by atoms with van der Waals surface area (Å²) in [5.74, 6) is 0.867. The Bertz CT molecular complexity index is 272. The number of rotatable bonds is 7. The normalized spacial score (nSPS) is 11.2. The van der Waals surface area contributed by atoms with Crippen molar-refractivity contribution in [3.05, 3.63) is 12.2 Å². The standard InChI is InChI=1S/C10H20N4O/c1-9(2)11-5-4-6-15-7-10-12-8-13-14(10)3/h8-9,11H,4-7H2,1-3H3. The topological polar surface area (TPSA) is 52.0 Å². The van der Waals surface area contributed by atoms with Gasteiger partial charge in [0.1, 0.15) is 12.9 Å². The molecule has 0 radical (unpaired) electrons. The predicted octanol–water partition coefficient (Wildman–Crippen LogP) is 0.720. The summed E-state index contributed by atoms with van der Waals surface area (Å²) in [5, 5.41) is 7.31. The lowest BCUT2D eigenvalue weighted by Crippen LogP contribution is -2.24. The molecule has 15 heavy (non-hydrogen) atoms. The Kier molecular flexibility index (Phi) is 5.28. The number of hydrogen-bond acceptors (Lipinski definition) is 4. The Morgan fingerprint density at radius 3 is 2.93 bits per heavy atom. The van der Waals surface area contributed by atoms with Crippen LogP contribution in [0.4, 0.5) is 0 Å². The van der Waals surface area contributed by atoms with E-state index in [2.05, 4.69) is 29.2 Å². The van der Waals surface area contributed by atoms with Crippen molar-refractivity contribution in [1.29, 1.82) is 0 Å². The highest BCUT2D eigenvalue weighted by atomic mass is 16.5. The Balaban J connectivity index is 2.00. The maximum absolute atomic E-state index is 5.48. The van der Waals surface area contributed by atoms with E-state index < -0.39 is 0 Å². The van der Waals surface area contributed by atoms with Gasteiger partial charge in [-0.2, -0.15) is 5.10 Å². The third-order valence-electron chi connectivity index (χ3n) is 2.05. The molecule has 0 spiro atoms. The Morgan fingerprint density at radius 1 is 1.53 bits per heavy atom. The fourth-order valence-electron chi connectivity index (χ4n) is 1.18. The minimum absolute atomic E-state index is 0.540. The molecule has 1 heterocycles. The summed E-state index contributed by atoms with van der Waals surface area (Å²) < 4.78 is 7.21. The first-order valence-electron chi connectivity index (χ1n) is 5.34. The summed E-state index contributed by atoms with van der Waals surface area (Å²) in [5.41, 5.74) is 0. The largest absolute Gasteiger partial charge is 0.373 e. The zero-order valence-corrected chi connectivity index (χ0v) is 9.73. The quantitative estimate of drug-likeness (QED) is 0.677. The van der Waals surface area contributed by atoms with Crippen LogP contribution in [0.1, 0.15) is 26.1 Å². The molecule has 0 aliphatic heterocycles. The first-order valence-corrected chi connectivity index (χ1v) is 5.34.